The van der Waals surface area contributed by atoms with Gasteiger partial charge in [-0.15, -0.1) is 0 Å². The fraction of sp³-hybridized carbons (Fsp3) is 1.00. The van der Waals surface area contributed by atoms with E-state index < -0.39 is 28.0 Å². The van der Waals surface area contributed by atoms with E-state index >= 15 is 0 Å². The molecule has 2 unspecified atom stereocenters. The largest absolute Gasteiger partial charge is 0.371 e. The van der Waals surface area contributed by atoms with Crippen LogP contribution in [-0.4, -0.2) is 50.3 Å². The number of hydrogen-bond donors (Lipinski definition) is 1. The molecule has 0 radical (unpaired) electrons. The van der Waals surface area contributed by atoms with Crippen LogP contribution in [0.25, 0.3) is 0 Å². The van der Waals surface area contributed by atoms with Crippen molar-refractivity contribution in [3.63, 3.8) is 0 Å². The molecule has 0 bridgehead atoms. The van der Waals surface area contributed by atoms with Crippen LogP contribution in [0.5, 0.6) is 0 Å². The van der Waals surface area contributed by atoms with E-state index in [4.69, 9.17) is 10.5 Å². The van der Waals surface area contributed by atoms with Gasteiger partial charge in [0.25, 0.3) is 10.0 Å². The maximum absolute atomic E-state index is 12.3. The van der Waals surface area contributed by atoms with Gasteiger partial charge in [0.1, 0.15) is 0 Å². The molecule has 1 aliphatic heterocycles. The number of alkyl halides is 2. The normalized spacial score (nSPS) is 29.7. The fourth-order valence-electron chi connectivity index (χ4n) is 1.45. The van der Waals surface area contributed by atoms with Crippen LogP contribution >= 0.6 is 0 Å². The number of nitrogens with zero attached hydrogens (tertiary/aromatic N) is 1. The molecular formula is C7H14F2N2O3S. The lowest BCUT2D eigenvalue weighted by Crippen LogP contribution is -2.52. The number of nitrogens with two attached hydrogens (primary N) is 1. The Morgan fingerprint density at radius 3 is 2.60 bits per heavy atom. The summed E-state index contributed by atoms with van der Waals surface area (Å²) in [5.74, 6) is -3.39. The molecule has 0 spiro atoms. The molecule has 90 valence electrons. The summed E-state index contributed by atoms with van der Waals surface area (Å²) in [6.45, 7) is 1.58. The van der Waals surface area contributed by atoms with Crippen LogP contribution in [0.15, 0.2) is 0 Å². The number of morpholine rings is 1. The van der Waals surface area contributed by atoms with Crippen molar-refractivity contribution in [3.05, 3.63) is 0 Å². The Morgan fingerprint density at radius 2 is 2.13 bits per heavy atom. The number of hydrogen-bond acceptors (Lipinski definition) is 4. The van der Waals surface area contributed by atoms with E-state index in [9.17, 15) is 17.2 Å². The van der Waals surface area contributed by atoms with Crippen LogP contribution in [0.1, 0.15) is 6.92 Å². The number of halogens is 2. The predicted octanol–water partition coefficient (Wildman–Crippen LogP) is -0.413. The van der Waals surface area contributed by atoms with Crippen molar-refractivity contribution in [1.29, 1.82) is 0 Å². The maximum atomic E-state index is 12.3. The molecule has 1 fully saturated rings. The molecule has 0 aromatic rings. The van der Waals surface area contributed by atoms with Gasteiger partial charge in [0.15, 0.2) is 0 Å². The highest BCUT2D eigenvalue weighted by Crippen LogP contribution is 2.18. The van der Waals surface area contributed by atoms with Crippen LogP contribution in [0.3, 0.4) is 0 Å². The van der Waals surface area contributed by atoms with Gasteiger partial charge in [-0.2, -0.15) is 13.1 Å². The van der Waals surface area contributed by atoms with Gasteiger partial charge in [-0.05, 0) is 6.92 Å². The molecule has 2 atom stereocenters. The third-order valence-electron chi connectivity index (χ3n) is 2.14. The van der Waals surface area contributed by atoms with Gasteiger partial charge in [-0.1, -0.05) is 0 Å². The Kier molecular flexibility index (Phi) is 3.99. The molecular weight excluding hydrogens is 230 g/mol. The van der Waals surface area contributed by atoms with Gasteiger partial charge in [0.2, 0.25) is 0 Å². The van der Waals surface area contributed by atoms with Crippen molar-refractivity contribution < 1.29 is 21.9 Å². The van der Waals surface area contributed by atoms with Crippen molar-refractivity contribution in [2.75, 3.05) is 19.6 Å². The summed E-state index contributed by atoms with van der Waals surface area (Å²) in [5, 5.41) is 0. The van der Waals surface area contributed by atoms with Crippen LogP contribution in [0.4, 0.5) is 8.78 Å². The first-order valence-electron chi connectivity index (χ1n) is 4.50. The average Bonchev–Trinajstić information content (AvgIpc) is 2.16. The van der Waals surface area contributed by atoms with Gasteiger partial charge in [0.05, 0.1) is 12.2 Å². The van der Waals surface area contributed by atoms with Crippen molar-refractivity contribution >= 4 is 10.0 Å². The standard InChI is InChI=1S/C7H14F2N2O3S/c1-5-3-11(4-6(2-10)14-5)15(12,13)7(8)9/h5-7H,2-4,10H2,1H3. The molecule has 0 aromatic heterocycles. The lowest BCUT2D eigenvalue weighted by molar-refractivity contribution is -0.0498. The smallest absolute Gasteiger partial charge is 0.350 e. The van der Waals surface area contributed by atoms with Crippen molar-refractivity contribution in [2.45, 2.75) is 24.9 Å². The Hall–Kier alpha value is -0.310. The summed E-state index contributed by atoms with van der Waals surface area (Å²) in [6.07, 6.45) is -0.928. The first kappa shape index (κ1) is 12.8. The van der Waals surface area contributed by atoms with E-state index in [-0.39, 0.29) is 19.6 Å². The van der Waals surface area contributed by atoms with Gasteiger partial charge < -0.3 is 10.5 Å². The Bertz CT molecular complexity index is 309. The molecule has 1 aliphatic rings. The molecule has 1 rings (SSSR count). The minimum Gasteiger partial charge on any atom is -0.371 e. The molecule has 1 saturated heterocycles. The Balaban J connectivity index is 2.78. The quantitative estimate of drug-likeness (QED) is 0.732. The Labute approximate surface area is 87.2 Å². The Morgan fingerprint density at radius 1 is 1.53 bits per heavy atom. The molecule has 15 heavy (non-hydrogen) atoms. The topological polar surface area (TPSA) is 72.6 Å². The van der Waals surface area contributed by atoms with E-state index in [1.807, 2.05) is 0 Å². The molecule has 5 nitrogen and oxygen atoms in total. The number of rotatable bonds is 3. The molecule has 0 aromatic carbocycles. The summed E-state index contributed by atoms with van der Waals surface area (Å²) in [7, 11) is -4.51. The second kappa shape index (κ2) is 4.69. The summed E-state index contributed by atoms with van der Waals surface area (Å²) in [6, 6.07) is 0. The van der Waals surface area contributed by atoms with Gasteiger partial charge in [0, 0.05) is 19.6 Å². The third kappa shape index (κ3) is 2.83. The average molecular weight is 244 g/mol. The minimum atomic E-state index is -4.51. The SMILES string of the molecule is CC1CN(S(=O)(=O)C(F)F)CC(CN)O1. The molecule has 8 heteroatoms. The first-order chi connectivity index (χ1) is 6.87. The van der Waals surface area contributed by atoms with Gasteiger partial charge in [-0.3, -0.25) is 0 Å². The minimum absolute atomic E-state index is 0.0524. The zero-order chi connectivity index (χ0) is 11.6. The second-order valence-corrected chi connectivity index (χ2v) is 5.33. The lowest BCUT2D eigenvalue weighted by Gasteiger charge is -2.35. The van der Waals surface area contributed by atoms with E-state index in [1.165, 1.54) is 0 Å². The lowest BCUT2D eigenvalue weighted by atomic mass is 10.2. The molecule has 0 aliphatic carbocycles. The maximum Gasteiger partial charge on any atom is 0.350 e. The van der Waals surface area contributed by atoms with E-state index in [1.54, 1.807) is 6.92 Å². The van der Waals surface area contributed by atoms with Crippen LogP contribution in [0.2, 0.25) is 0 Å². The van der Waals surface area contributed by atoms with E-state index in [0.717, 1.165) is 4.31 Å². The van der Waals surface area contributed by atoms with Crippen LogP contribution in [0, 0.1) is 0 Å². The molecule has 0 amide bonds. The van der Waals surface area contributed by atoms with Crippen LogP contribution < -0.4 is 5.73 Å². The van der Waals surface area contributed by atoms with E-state index in [2.05, 4.69) is 0 Å². The summed E-state index contributed by atoms with van der Waals surface area (Å²) in [5.41, 5.74) is 5.31. The highest BCUT2D eigenvalue weighted by Gasteiger charge is 2.37. The third-order valence-corrected chi connectivity index (χ3v) is 3.61. The summed E-state index contributed by atoms with van der Waals surface area (Å²) < 4.78 is 52.9. The van der Waals surface area contributed by atoms with Crippen LogP contribution in [-0.2, 0) is 14.8 Å². The summed E-state index contributed by atoms with van der Waals surface area (Å²) in [4.78, 5) is 0. The fourth-order valence-corrected chi connectivity index (χ4v) is 2.47. The molecule has 1 heterocycles. The first-order valence-corrected chi connectivity index (χ1v) is 6.01. The van der Waals surface area contributed by atoms with Crippen molar-refractivity contribution in [2.24, 2.45) is 5.73 Å². The zero-order valence-corrected chi connectivity index (χ0v) is 9.08. The highest BCUT2D eigenvalue weighted by atomic mass is 32.2. The monoisotopic (exact) mass is 244 g/mol. The van der Waals surface area contributed by atoms with Gasteiger partial charge >= 0.3 is 5.76 Å². The van der Waals surface area contributed by atoms with Gasteiger partial charge in [-0.25, -0.2) is 8.42 Å². The van der Waals surface area contributed by atoms with Crippen molar-refractivity contribution in [1.82, 2.24) is 4.31 Å². The molecule has 2 N–H and O–H groups in total. The summed E-state index contributed by atoms with van der Waals surface area (Å²) >= 11 is 0. The number of sulfonamides is 1. The predicted molar refractivity (Wildman–Crippen MR) is 49.9 cm³/mol. The highest BCUT2D eigenvalue weighted by molar-refractivity contribution is 7.89. The number of ether oxygens (including phenoxy) is 1. The molecule has 0 saturated carbocycles. The second-order valence-electron chi connectivity index (χ2n) is 3.43. The van der Waals surface area contributed by atoms with Crippen molar-refractivity contribution in [3.8, 4) is 0 Å². The van der Waals surface area contributed by atoms with E-state index in [0.29, 0.717) is 0 Å². The zero-order valence-electron chi connectivity index (χ0n) is 8.27.